The number of hydrogen-bond donors (Lipinski definition) is 0. The van der Waals surface area contributed by atoms with Crippen molar-refractivity contribution in [3.63, 3.8) is 0 Å². The molecule has 1 amide bonds. The first-order valence-corrected chi connectivity index (χ1v) is 9.60. The fourth-order valence-electron chi connectivity index (χ4n) is 3.08. The van der Waals surface area contributed by atoms with Crippen molar-refractivity contribution in [2.24, 2.45) is 0 Å². The van der Waals surface area contributed by atoms with Gasteiger partial charge in [-0.25, -0.2) is 0 Å². The third kappa shape index (κ3) is 3.37. The SMILES string of the molecule is Cc1ccc(-c2oncc2C(=O)N2CCSC(c3cccnc3)C2)cc1. The highest BCUT2D eigenvalue weighted by molar-refractivity contribution is 7.99. The Morgan fingerprint density at radius 1 is 1.23 bits per heavy atom. The van der Waals surface area contributed by atoms with Gasteiger partial charge in [-0.1, -0.05) is 41.1 Å². The lowest BCUT2D eigenvalue weighted by Gasteiger charge is -2.32. The van der Waals surface area contributed by atoms with E-state index in [1.807, 2.05) is 60.1 Å². The fraction of sp³-hybridized carbons (Fsp3) is 0.250. The number of carbonyl (C=O) groups is 1. The molecule has 5 nitrogen and oxygen atoms in total. The largest absolute Gasteiger partial charge is 0.355 e. The molecule has 1 aromatic carbocycles. The van der Waals surface area contributed by atoms with Crippen LogP contribution in [0.1, 0.15) is 26.7 Å². The van der Waals surface area contributed by atoms with Crippen LogP contribution in [0.5, 0.6) is 0 Å². The summed E-state index contributed by atoms with van der Waals surface area (Å²) in [6.07, 6.45) is 5.17. The fourth-order valence-corrected chi connectivity index (χ4v) is 4.30. The molecule has 1 unspecified atom stereocenters. The number of hydrogen-bond acceptors (Lipinski definition) is 5. The normalized spacial score (nSPS) is 17.3. The molecule has 1 aliphatic rings. The van der Waals surface area contributed by atoms with E-state index >= 15 is 0 Å². The third-order valence-corrected chi connectivity index (χ3v) is 5.77. The summed E-state index contributed by atoms with van der Waals surface area (Å²) in [6.45, 7) is 3.41. The molecular weight excluding hydrogens is 346 g/mol. The van der Waals surface area contributed by atoms with Crippen molar-refractivity contribution in [3.8, 4) is 11.3 Å². The van der Waals surface area contributed by atoms with Crippen LogP contribution in [0.3, 0.4) is 0 Å². The summed E-state index contributed by atoms with van der Waals surface area (Å²) in [5.41, 5.74) is 3.70. The molecule has 0 N–H and O–H groups in total. The van der Waals surface area contributed by atoms with E-state index in [1.54, 1.807) is 6.20 Å². The first-order valence-electron chi connectivity index (χ1n) is 8.55. The van der Waals surface area contributed by atoms with Gasteiger partial charge in [-0.15, -0.1) is 0 Å². The minimum atomic E-state index is -0.0315. The molecule has 6 heteroatoms. The first-order chi connectivity index (χ1) is 12.7. The summed E-state index contributed by atoms with van der Waals surface area (Å²) in [6, 6.07) is 11.9. The van der Waals surface area contributed by atoms with Crippen LogP contribution in [-0.2, 0) is 0 Å². The van der Waals surface area contributed by atoms with Crippen LogP contribution < -0.4 is 0 Å². The number of aryl methyl sites for hydroxylation is 1. The van der Waals surface area contributed by atoms with Gasteiger partial charge >= 0.3 is 0 Å². The van der Waals surface area contributed by atoms with Crippen LogP contribution in [0.4, 0.5) is 0 Å². The molecule has 2 aromatic heterocycles. The first kappa shape index (κ1) is 16.8. The monoisotopic (exact) mass is 365 g/mol. The molecule has 3 heterocycles. The Labute approximate surface area is 156 Å². The van der Waals surface area contributed by atoms with E-state index in [0.717, 1.165) is 29.0 Å². The van der Waals surface area contributed by atoms with Crippen molar-refractivity contribution in [2.45, 2.75) is 12.2 Å². The van der Waals surface area contributed by atoms with Gasteiger partial charge in [0.2, 0.25) is 0 Å². The number of aromatic nitrogens is 2. The van der Waals surface area contributed by atoms with Gasteiger partial charge in [0.1, 0.15) is 5.56 Å². The number of pyridine rings is 1. The molecule has 26 heavy (non-hydrogen) atoms. The van der Waals surface area contributed by atoms with Gasteiger partial charge in [0.15, 0.2) is 5.76 Å². The molecule has 1 aliphatic heterocycles. The van der Waals surface area contributed by atoms with Crippen LogP contribution in [0.25, 0.3) is 11.3 Å². The van der Waals surface area contributed by atoms with E-state index in [-0.39, 0.29) is 11.2 Å². The minimum Gasteiger partial charge on any atom is -0.355 e. The van der Waals surface area contributed by atoms with Crippen LogP contribution in [0.2, 0.25) is 0 Å². The quantitative estimate of drug-likeness (QED) is 0.703. The Morgan fingerprint density at radius 3 is 2.85 bits per heavy atom. The van der Waals surface area contributed by atoms with E-state index in [1.165, 1.54) is 6.20 Å². The Balaban J connectivity index is 1.56. The molecule has 1 atom stereocenters. The molecule has 0 aliphatic carbocycles. The molecule has 4 rings (SSSR count). The number of benzene rings is 1. The topological polar surface area (TPSA) is 59.2 Å². The average Bonchev–Trinajstić information content (AvgIpc) is 3.18. The van der Waals surface area contributed by atoms with Crippen LogP contribution in [0.15, 0.2) is 59.5 Å². The van der Waals surface area contributed by atoms with Crippen LogP contribution in [0, 0.1) is 6.92 Å². The van der Waals surface area contributed by atoms with Crippen molar-refractivity contribution >= 4 is 17.7 Å². The van der Waals surface area contributed by atoms with Gasteiger partial charge in [0.05, 0.1) is 6.20 Å². The number of nitrogens with zero attached hydrogens (tertiary/aromatic N) is 3. The van der Waals surface area contributed by atoms with Crippen molar-refractivity contribution in [3.05, 3.63) is 71.7 Å². The van der Waals surface area contributed by atoms with Crippen molar-refractivity contribution in [2.75, 3.05) is 18.8 Å². The standard InChI is InChI=1S/C20H19N3O2S/c1-14-4-6-15(7-5-14)19-17(12-22-25-19)20(24)23-9-10-26-18(13-23)16-3-2-8-21-11-16/h2-8,11-12,18H,9-10,13H2,1H3. The molecule has 0 bridgehead atoms. The summed E-state index contributed by atoms with van der Waals surface area (Å²) in [5, 5.41) is 4.12. The second kappa shape index (κ2) is 7.33. The number of thioether (sulfide) groups is 1. The summed E-state index contributed by atoms with van der Waals surface area (Å²) < 4.78 is 5.40. The van der Waals surface area contributed by atoms with E-state index in [2.05, 4.69) is 16.2 Å². The number of rotatable bonds is 3. The summed E-state index contributed by atoms with van der Waals surface area (Å²) in [5.74, 6) is 1.40. The van der Waals surface area contributed by atoms with Gasteiger partial charge in [-0.2, -0.15) is 11.8 Å². The average molecular weight is 365 g/mol. The second-order valence-corrected chi connectivity index (χ2v) is 7.64. The molecule has 3 aromatic rings. The predicted molar refractivity (Wildman–Crippen MR) is 102 cm³/mol. The predicted octanol–water partition coefficient (Wildman–Crippen LogP) is 3.98. The zero-order valence-electron chi connectivity index (χ0n) is 14.5. The van der Waals surface area contributed by atoms with Crippen molar-refractivity contribution < 1.29 is 9.32 Å². The van der Waals surface area contributed by atoms with E-state index in [0.29, 0.717) is 17.9 Å². The van der Waals surface area contributed by atoms with E-state index in [9.17, 15) is 4.79 Å². The summed E-state index contributed by atoms with van der Waals surface area (Å²) in [7, 11) is 0. The Hall–Kier alpha value is -2.60. The molecule has 132 valence electrons. The third-order valence-electron chi connectivity index (χ3n) is 4.52. The van der Waals surface area contributed by atoms with Gasteiger partial charge in [-0.3, -0.25) is 9.78 Å². The van der Waals surface area contributed by atoms with Gasteiger partial charge in [-0.05, 0) is 18.6 Å². The lowest BCUT2D eigenvalue weighted by molar-refractivity contribution is 0.0761. The zero-order chi connectivity index (χ0) is 17.9. The lowest BCUT2D eigenvalue weighted by atomic mass is 10.1. The maximum absolute atomic E-state index is 13.1. The summed E-state index contributed by atoms with van der Waals surface area (Å²) in [4.78, 5) is 19.2. The highest BCUT2D eigenvalue weighted by Gasteiger charge is 2.29. The van der Waals surface area contributed by atoms with E-state index in [4.69, 9.17) is 4.52 Å². The van der Waals surface area contributed by atoms with Crippen molar-refractivity contribution in [1.29, 1.82) is 0 Å². The molecule has 0 spiro atoms. The molecule has 1 fully saturated rings. The smallest absolute Gasteiger partial charge is 0.259 e. The Kier molecular flexibility index (Phi) is 4.75. The Bertz CT molecular complexity index is 893. The second-order valence-electron chi connectivity index (χ2n) is 6.33. The van der Waals surface area contributed by atoms with Gasteiger partial charge in [0.25, 0.3) is 5.91 Å². The molecule has 0 saturated carbocycles. The number of amides is 1. The number of carbonyl (C=O) groups excluding carboxylic acids is 1. The lowest BCUT2D eigenvalue weighted by Crippen LogP contribution is -2.39. The highest BCUT2D eigenvalue weighted by Crippen LogP contribution is 2.34. The molecule has 1 saturated heterocycles. The van der Waals surface area contributed by atoms with E-state index < -0.39 is 0 Å². The molecule has 0 radical (unpaired) electrons. The van der Waals surface area contributed by atoms with Crippen LogP contribution >= 0.6 is 11.8 Å². The maximum Gasteiger partial charge on any atom is 0.259 e. The summed E-state index contributed by atoms with van der Waals surface area (Å²) >= 11 is 1.86. The van der Waals surface area contributed by atoms with Crippen molar-refractivity contribution in [1.82, 2.24) is 15.0 Å². The maximum atomic E-state index is 13.1. The van der Waals surface area contributed by atoms with Crippen LogP contribution in [-0.4, -0.2) is 39.8 Å². The Morgan fingerprint density at radius 2 is 2.08 bits per heavy atom. The minimum absolute atomic E-state index is 0.0315. The van der Waals surface area contributed by atoms with Gasteiger partial charge in [0, 0.05) is 42.0 Å². The highest BCUT2D eigenvalue weighted by atomic mass is 32.2. The zero-order valence-corrected chi connectivity index (χ0v) is 15.3. The van der Waals surface area contributed by atoms with Gasteiger partial charge < -0.3 is 9.42 Å². The molecular formula is C20H19N3O2S.